The fourth-order valence-electron chi connectivity index (χ4n) is 15.8. The molecule has 24 heteroatoms. The highest BCUT2D eigenvalue weighted by molar-refractivity contribution is 5.87. The Balaban J connectivity index is 0.000000249. The maximum atomic E-state index is 12.1. The van der Waals surface area contributed by atoms with Crippen molar-refractivity contribution in [1.29, 1.82) is 0 Å². The van der Waals surface area contributed by atoms with Gasteiger partial charge < -0.3 is 78.7 Å². The van der Waals surface area contributed by atoms with Crippen LogP contribution < -0.4 is 0 Å². The maximum absolute atomic E-state index is 12.1. The van der Waals surface area contributed by atoms with Gasteiger partial charge in [0, 0.05) is 0 Å². The molecule has 0 unspecified atom stereocenters. The van der Waals surface area contributed by atoms with Crippen LogP contribution in [0.5, 0.6) is 0 Å². The SMILES string of the molecule is CC(C)(C)C1CCC(OC(=O)[C@@H](O)[C@@H](O)C(=O)OC2CCCCC2)CC1.CC(C)(C)C1CCC(OC(=O)[C@@H](O)[C@H](O)C(=O)OC2CCCCC2)CC1.CC(C)(C)C1CCC(OC(=O)[C@H](O)[C@@H](O)C(=O)OC2CCCCC2)CC1.CC(C)(C)C1CCC(OC(=O)[C@H](O)[C@H](O)C(=O)OC2CCCCC2)CC1. The third-order valence-electron chi connectivity index (χ3n) is 23.2. The molecular weight excluding hydrogens is 1340 g/mol. The largest absolute Gasteiger partial charge is 0.460 e. The number of ether oxygens (including phenoxy) is 8. The Bertz CT molecular complexity index is 2230. The summed E-state index contributed by atoms with van der Waals surface area (Å²) in [5.41, 5.74) is 0.919. The van der Waals surface area contributed by atoms with E-state index in [0.29, 0.717) is 23.7 Å². The third kappa shape index (κ3) is 30.8. The standard InChI is InChI=1S/4C20H34O6/c4*1-20(2,3)13-9-11-15(12-10-13)26-19(24)17(22)16(21)18(23)25-14-7-5-4-6-8-14/h4*13-17,21-22H,4-12H2,1-3H3/t2*13?,15?,16-,17+;2*13?,15?,16-,17-/m1010/s1. The van der Waals surface area contributed by atoms with Crippen LogP contribution in [0.15, 0.2) is 0 Å². The van der Waals surface area contributed by atoms with Gasteiger partial charge in [-0.3, -0.25) is 0 Å². The first-order chi connectivity index (χ1) is 48.7. The summed E-state index contributed by atoms with van der Waals surface area (Å²) in [5.74, 6) is -5.25. The Kier molecular flexibility index (Phi) is 37.2. The molecule has 8 saturated carbocycles. The number of rotatable bonds is 20. The van der Waals surface area contributed by atoms with Crippen LogP contribution in [0.2, 0.25) is 0 Å². The van der Waals surface area contributed by atoms with Gasteiger partial charge in [0.15, 0.2) is 48.8 Å². The molecule has 0 aromatic heterocycles. The van der Waals surface area contributed by atoms with Gasteiger partial charge in [0.2, 0.25) is 0 Å². The number of aliphatic hydroxyl groups excluding tert-OH is 8. The molecule has 8 fully saturated rings. The van der Waals surface area contributed by atoms with Crippen LogP contribution in [0, 0.1) is 45.3 Å². The summed E-state index contributed by atoms with van der Waals surface area (Å²) >= 11 is 0. The molecule has 8 aliphatic rings. The molecule has 0 aliphatic heterocycles. The van der Waals surface area contributed by atoms with Crippen molar-refractivity contribution in [3.8, 4) is 0 Å². The van der Waals surface area contributed by atoms with E-state index in [0.717, 1.165) is 231 Å². The van der Waals surface area contributed by atoms with Crippen molar-refractivity contribution in [2.45, 2.75) is 412 Å². The molecule has 8 atom stereocenters. The Morgan fingerprint density at radius 2 is 0.298 bits per heavy atom. The average molecular weight is 1480 g/mol. The number of hydrogen-bond donors (Lipinski definition) is 8. The summed E-state index contributed by atoms with van der Waals surface area (Å²) in [7, 11) is 0. The Labute approximate surface area is 619 Å². The monoisotopic (exact) mass is 1480 g/mol. The van der Waals surface area contributed by atoms with Crippen LogP contribution in [0.25, 0.3) is 0 Å². The lowest BCUT2D eigenvalue weighted by atomic mass is 9.72. The van der Waals surface area contributed by atoms with E-state index in [-0.39, 0.29) is 70.5 Å². The zero-order valence-electron chi connectivity index (χ0n) is 65.1. The molecule has 104 heavy (non-hydrogen) atoms. The van der Waals surface area contributed by atoms with Crippen molar-refractivity contribution < 1.29 is 117 Å². The molecule has 0 aromatic carbocycles. The molecule has 0 aromatic rings. The lowest BCUT2D eigenvalue weighted by Crippen LogP contribution is -2.44. The first kappa shape index (κ1) is 90.1. The smallest absolute Gasteiger partial charge is 0.338 e. The van der Waals surface area contributed by atoms with E-state index in [4.69, 9.17) is 37.9 Å². The van der Waals surface area contributed by atoms with Crippen LogP contribution in [-0.4, -0.2) is 186 Å². The molecule has 8 N–H and O–H groups in total. The van der Waals surface area contributed by atoms with Crippen LogP contribution in [-0.2, 0) is 76.3 Å². The van der Waals surface area contributed by atoms with Crippen LogP contribution in [0.1, 0.15) is 314 Å². The second kappa shape index (κ2) is 43.0. The zero-order chi connectivity index (χ0) is 77.3. The van der Waals surface area contributed by atoms with Crippen LogP contribution in [0.3, 0.4) is 0 Å². The Morgan fingerprint density at radius 3 is 0.404 bits per heavy atom. The summed E-state index contributed by atoms with van der Waals surface area (Å²) in [6.07, 6.45) is 14.8. The summed E-state index contributed by atoms with van der Waals surface area (Å²) in [4.78, 5) is 96.2. The topological polar surface area (TPSA) is 372 Å². The van der Waals surface area contributed by atoms with Crippen LogP contribution >= 0.6 is 0 Å². The Hall–Kier alpha value is -4.56. The number of esters is 8. The molecule has 8 aliphatic carbocycles. The highest BCUT2D eigenvalue weighted by atomic mass is 16.6. The summed E-state index contributed by atoms with van der Waals surface area (Å²) in [6.45, 7) is 26.5. The van der Waals surface area contributed by atoms with Crippen molar-refractivity contribution in [2.75, 3.05) is 0 Å². The van der Waals surface area contributed by atoms with Crippen molar-refractivity contribution >= 4 is 47.8 Å². The molecule has 0 radical (unpaired) electrons. The van der Waals surface area contributed by atoms with Crippen molar-refractivity contribution in [3.05, 3.63) is 0 Å². The molecule has 0 bridgehead atoms. The number of carbonyl (C=O) groups excluding carboxylic acids is 8. The lowest BCUT2D eigenvalue weighted by molar-refractivity contribution is -0.180. The first-order valence-corrected chi connectivity index (χ1v) is 39.8. The van der Waals surface area contributed by atoms with E-state index in [2.05, 4.69) is 83.1 Å². The predicted molar refractivity (Wildman–Crippen MR) is 385 cm³/mol. The second-order valence-electron chi connectivity index (χ2n) is 35.5. The number of aliphatic hydroxyl groups is 8. The van der Waals surface area contributed by atoms with Crippen LogP contribution in [0.4, 0.5) is 0 Å². The van der Waals surface area contributed by atoms with Gasteiger partial charge in [-0.1, -0.05) is 109 Å². The van der Waals surface area contributed by atoms with Gasteiger partial charge >= 0.3 is 47.8 Å². The molecule has 8 rings (SSSR count). The quantitative estimate of drug-likeness (QED) is 0.0414. The molecule has 0 heterocycles. The fraction of sp³-hybridized carbons (Fsp3) is 0.900. The summed E-state index contributed by atoms with van der Waals surface area (Å²) < 4.78 is 42.1. The van der Waals surface area contributed by atoms with E-state index in [1.165, 1.54) is 0 Å². The lowest BCUT2D eigenvalue weighted by Gasteiger charge is -2.36. The van der Waals surface area contributed by atoms with Gasteiger partial charge in [0.05, 0.1) is 0 Å². The van der Waals surface area contributed by atoms with E-state index in [1.807, 2.05) is 0 Å². The van der Waals surface area contributed by atoms with E-state index < -0.39 is 96.6 Å². The highest BCUT2D eigenvalue weighted by Crippen LogP contribution is 2.43. The van der Waals surface area contributed by atoms with Gasteiger partial charge in [-0.05, 0) is 251 Å². The highest BCUT2D eigenvalue weighted by Gasteiger charge is 2.43. The first-order valence-electron chi connectivity index (χ1n) is 39.8. The number of hydrogen-bond acceptors (Lipinski definition) is 24. The Morgan fingerprint density at radius 1 is 0.192 bits per heavy atom. The van der Waals surface area contributed by atoms with Gasteiger partial charge in [0.1, 0.15) is 48.8 Å². The molecular formula is C80H136O24. The van der Waals surface area contributed by atoms with Gasteiger partial charge in [-0.2, -0.15) is 0 Å². The summed E-state index contributed by atoms with van der Waals surface area (Å²) in [5, 5.41) is 79.7. The van der Waals surface area contributed by atoms with Crippen molar-refractivity contribution in [3.63, 3.8) is 0 Å². The van der Waals surface area contributed by atoms with Crippen molar-refractivity contribution in [2.24, 2.45) is 45.3 Å². The maximum Gasteiger partial charge on any atom is 0.338 e. The minimum absolute atomic E-state index is 0.230. The van der Waals surface area contributed by atoms with E-state index in [9.17, 15) is 79.2 Å². The molecule has 0 spiro atoms. The second-order valence-corrected chi connectivity index (χ2v) is 35.5. The van der Waals surface area contributed by atoms with Gasteiger partial charge in [0.25, 0.3) is 0 Å². The van der Waals surface area contributed by atoms with E-state index >= 15 is 0 Å². The third-order valence-corrected chi connectivity index (χ3v) is 23.2. The molecule has 600 valence electrons. The summed E-state index contributed by atoms with van der Waals surface area (Å²) in [6, 6.07) is 0. The molecule has 0 amide bonds. The van der Waals surface area contributed by atoms with Gasteiger partial charge in [-0.15, -0.1) is 0 Å². The fourth-order valence-corrected chi connectivity index (χ4v) is 15.8. The average Bonchev–Trinajstić information content (AvgIpc) is 0.857. The predicted octanol–water partition coefficient (Wildman–Crippen LogP) is 10.9. The normalized spacial score (nSPS) is 27.4. The van der Waals surface area contributed by atoms with E-state index in [1.54, 1.807) is 0 Å². The zero-order valence-corrected chi connectivity index (χ0v) is 65.1. The molecule has 0 saturated heterocycles. The minimum atomic E-state index is -1.90. The minimum Gasteiger partial charge on any atom is -0.460 e. The van der Waals surface area contributed by atoms with Crippen molar-refractivity contribution in [1.82, 2.24) is 0 Å². The number of carbonyl (C=O) groups is 8. The molecule has 24 nitrogen and oxygen atoms in total. The van der Waals surface area contributed by atoms with Gasteiger partial charge in [-0.25, -0.2) is 38.4 Å².